The number of hydrogen-bond donors (Lipinski definition) is 2. The number of carbonyl (C=O) groups excluding carboxylic acids is 1. The van der Waals surface area contributed by atoms with E-state index in [1.54, 1.807) is 24.3 Å². The molecule has 2 N–H and O–H groups in total. The van der Waals surface area contributed by atoms with Crippen LogP contribution in [0.5, 0.6) is 0 Å². The summed E-state index contributed by atoms with van der Waals surface area (Å²) in [5.41, 5.74) is 1.18. The van der Waals surface area contributed by atoms with Crippen molar-refractivity contribution < 1.29 is 4.79 Å². The first-order valence-corrected chi connectivity index (χ1v) is 5.77. The molecule has 0 saturated heterocycles. The van der Waals surface area contributed by atoms with E-state index in [0.29, 0.717) is 11.3 Å². The van der Waals surface area contributed by atoms with Crippen LogP contribution < -0.4 is 10.6 Å². The van der Waals surface area contributed by atoms with Gasteiger partial charge in [-0.15, -0.1) is 0 Å². The molecule has 96 valence electrons. The van der Waals surface area contributed by atoms with Gasteiger partial charge in [0, 0.05) is 18.8 Å². The molecular weight excluding hydrogens is 228 g/mol. The van der Waals surface area contributed by atoms with Gasteiger partial charge in [-0.05, 0) is 32.3 Å². The molecule has 1 rings (SSSR count). The van der Waals surface area contributed by atoms with Gasteiger partial charge < -0.3 is 15.5 Å². The molecule has 0 aliphatic rings. The lowest BCUT2D eigenvalue weighted by Gasteiger charge is -2.10. The van der Waals surface area contributed by atoms with Gasteiger partial charge in [-0.1, -0.05) is 6.07 Å². The van der Waals surface area contributed by atoms with Crippen LogP contribution in [0.1, 0.15) is 5.56 Å². The molecule has 0 fully saturated rings. The number of nitrogens with one attached hydrogen (secondary N) is 2. The van der Waals surface area contributed by atoms with Crippen molar-refractivity contribution in [2.24, 2.45) is 0 Å². The van der Waals surface area contributed by atoms with Crippen LogP contribution in [-0.4, -0.2) is 44.5 Å². The van der Waals surface area contributed by atoms with E-state index >= 15 is 0 Å². The summed E-state index contributed by atoms with van der Waals surface area (Å²) < 4.78 is 0. The summed E-state index contributed by atoms with van der Waals surface area (Å²) in [5, 5.41) is 14.5. The van der Waals surface area contributed by atoms with Gasteiger partial charge in [-0.25, -0.2) is 0 Å². The molecule has 0 aromatic heterocycles. The average Bonchev–Trinajstić information content (AvgIpc) is 2.34. The van der Waals surface area contributed by atoms with E-state index in [-0.39, 0.29) is 12.5 Å². The largest absolute Gasteiger partial charge is 0.325 e. The molecule has 0 bridgehead atoms. The van der Waals surface area contributed by atoms with Crippen molar-refractivity contribution in [2.45, 2.75) is 0 Å². The minimum absolute atomic E-state index is 0.108. The van der Waals surface area contributed by atoms with Gasteiger partial charge in [0.25, 0.3) is 0 Å². The highest BCUT2D eigenvalue weighted by Crippen LogP contribution is 2.09. The normalized spacial score (nSPS) is 10.1. The van der Waals surface area contributed by atoms with Crippen LogP contribution in [0.3, 0.4) is 0 Å². The minimum atomic E-state index is -0.108. The van der Waals surface area contributed by atoms with Gasteiger partial charge >= 0.3 is 0 Å². The van der Waals surface area contributed by atoms with Crippen molar-refractivity contribution in [3.05, 3.63) is 29.8 Å². The Morgan fingerprint density at radius 1 is 1.44 bits per heavy atom. The van der Waals surface area contributed by atoms with E-state index < -0.39 is 0 Å². The Morgan fingerprint density at radius 2 is 2.22 bits per heavy atom. The van der Waals surface area contributed by atoms with Crippen molar-refractivity contribution >= 4 is 11.6 Å². The van der Waals surface area contributed by atoms with Crippen LogP contribution in [0.4, 0.5) is 5.69 Å². The number of hydrogen-bond acceptors (Lipinski definition) is 4. The lowest BCUT2D eigenvalue weighted by Crippen LogP contribution is -2.33. The van der Waals surface area contributed by atoms with E-state index in [1.165, 1.54) is 0 Å². The van der Waals surface area contributed by atoms with Crippen LogP contribution in [0.25, 0.3) is 0 Å². The van der Waals surface area contributed by atoms with Gasteiger partial charge in [0.2, 0.25) is 5.91 Å². The predicted octanol–water partition coefficient (Wildman–Crippen LogP) is 0.648. The molecule has 1 aromatic rings. The maximum Gasteiger partial charge on any atom is 0.238 e. The van der Waals surface area contributed by atoms with Crippen LogP contribution >= 0.6 is 0 Å². The summed E-state index contributed by atoms with van der Waals surface area (Å²) in [5.74, 6) is -0.108. The highest BCUT2D eigenvalue weighted by molar-refractivity contribution is 5.92. The Balaban J connectivity index is 2.33. The number of nitriles is 1. The Kier molecular flexibility index (Phi) is 5.85. The number of rotatable bonds is 6. The summed E-state index contributed by atoms with van der Waals surface area (Å²) in [6, 6.07) is 8.89. The number of amides is 1. The molecule has 0 heterocycles. The lowest BCUT2D eigenvalue weighted by atomic mass is 10.2. The van der Waals surface area contributed by atoms with Gasteiger partial charge in [0.05, 0.1) is 18.2 Å². The smallest absolute Gasteiger partial charge is 0.238 e. The molecule has 0 aliphatic heterocycles. The fourth-order valence-corrected chi connectivity index (χ4v) is 1.38. The second-order valence-electron chi connectivity index (χ2n) is 4.22. The van der Waals surface area contributed by atoms with E-state index in [0.717, 1.165) is 13.1 Å². The summed E-state index contributed by atoms with van der Waals surface area (Å²) in [4.78, 5) is 13.6. The first-order chi connectivity index (χ1) is 8.61. The van der Waals surface area contributed by atoms with Crippen LogP contribution in [-0.2, 0) is 4.79 Å². The molecule has 0 spiro atoms. The molecule has 0 atom stereocenters. The number of carbonyl (C=O) groups is 1. The van der Waals surface area contributed by atoms with Crippen molar-refractivity contribution in [3.8, 4) is 6.07 Å². The third-order valence-electron chi connectivity index (χ3n) is 2.30. The molecular formula is C13H18N4O. The van der Waals surface area contributed by atoms with Crippen molar-refractivity contribution in [2.75, 3.05) is 39.0 Å². The quantitative estimate of drug-likeness (QED) is 0.723. The predicted molar refractivity (Wildman–Crippen MR) is 71.2 cm³/mol. The third-order valence-corrected chi connectivity index (χ3v) is 2.30. The van der Waals surface area contributed by atoms with Crippen molar-refractivity contribution in [1.82, 2.24) is 10.2 Å². The topological polar surface area (TPSA) is 68.2 Å². The highest BCUT2D eigenvalue weighted by atomic mass is 16.1. The maximum absolute atomic E-state index is 11.6. The Labute approximate surface area is 107 Å². The van der Waals surface area contributed by atoms with E-state index in [4.69, 9.17) is 5.26 Å². The van der Waals surface area contributed by atoms with Gasteiger partial charge in [0.15, 0.2) is 0 Å². The minimum Gasteiger partial charge on any atom is -0.325 e. The molecule has 18 heavy (non-hydrogen) atoms. The second kappa shape index (κ2) is 7.43. The maximum atomic E-state index is 11.6. The molecule has 0 saturated carbocycles. The first kappa shape index (κ1) is 14.2. The summed E-state index contributed by atoms with van der Waals surface area (Å²) in [6.45, 7) is 1.92. The zero-order valence-corrected chi connectivity index (χ0v) is 10.7. The zero-order valence-electron chi connectivity index (χ0n) is 10.7. The molecule has 5 nitrogen and oxygen atoms in total. The zero-order chi connectivity index (χ0) is 13.4. The van der Waals surface area contributed by atoms with E-state index in [2.05, 4.69) is 10.6 Å². The van der Waals surface area contributed by atoms with Gasteiger partial charge in [-0.3, -0.25) is 4.79 Å². The fraction of sp³-hybridized carbons (Fsp3) is 0.385. The highest BCUT2D eigenvalue weighted by Gasteiger charge is 2.02. The van der Waals surface area contributed by atoms with Crippen LogP contribution in [0.15, 0.2) is 24.3 Å². The van der Waals surface area contributed by atoms with Gasteiger partial charge in [-0.2, -0.15) is 5.26 Å². The molecule has 1 aromatic carbocycles. The Morgan fingerprint density at radius 3 is 2.89 bits per heavy atom. The van der Waals surface area contributed by atoms with Crippen LogP contribution in [0, 0.1) is 11.3 Å². The van der Waals surface area contributed by atoms with Crippen molar-refractivity contribution in [1.29, 1.82) is 5.26 Å². The number of likely N-dealkylation sites (N-methyl/N-ethyl adjacent to an activating group) is 1. The molecule has 5 heteroatoms. The van der Waals surface area contributed by atoms with E-state index in [9.17, 15) is 4.79 Å². The number of anilines is 1. The number of benzene rings is 1. The van der Waals surface area contributed by atoms with Gasteiger partial charge in [0.1, 0.15) is 0 Å². The molecule has 0 unspecified atom stereocenters. The number of nitrogens with zero attached hydrogens (tertiary/aromatic N) is 2. The fourth-order valence-electron chi connectivity index (χ4n) is 1.38. The summed E-state index contributed by atoms with van der Waals surface area (Å²) >= 11 is 0. The SMILES string of the molecule is CN(C)CCNCC(=O)Nc1cccc(C#N)c1. The molecule has 1 amide bonds. The Bertz CT molecular complexity index is 437. The molecule has 0 radical (unpaired) electrons. The monoisotopic (exact) mass is 246 g/mol. The standard InChI is InChI=1S/C13H18N4O/c1-17(2)7-6-15-10-13(18)16-12-5-3-4-11(8-12)9-14/h3-5,8,15H,6-7,10H2,1-2H3,(H,16,18). The average molecular weight is 246 g/mol. The second-order valence-corrected chi connectivity index (χ2v) is 4.22. The van der Waals surface area contributed by atoms with E-state index in [1.807, 2.05) is 25.1 Å². The summed E-state index contributed by atoms with van der Waals surface area (Å²) in [7, 11) is 3.96. The lowest BCUT2D eigenvalue weighted by molar-refractivity contribution is -0.115. The van der Waals surface area contributed by atoms with Crippen molar-refractivity contribution in [3.63, 3.8) is 0 Å². The summed E-state index contributed by atoms with van der Waals surface area (Å²) in [6.07, 6.45) is 0. The third kappa shape index (κ3) is 5.43. The Hall–Kier alpha value is -1.90. The molecule has 0 aliphatic carbocycles. The first-order valence-electron chi connectivity index (χ1n) is 5.77. The van der Waals surface area contributed by atoms with Crippen LogP contribution in [0.2, 0.25) is 0 Å².